The molecule has 1 aliphatic rings. The number of hydrogen-bond acceptors (Lipinski definition) is 8. The number of benzene rings is 1. The maximum absolute atomic E-state index is 12.5. The average Bonchev–Trinajstić information content (AvgIpc) is 2.67. The lowest BCUT2D eigenvalue weighted by molar-refractivity contribution is -0.145. The van der Waals surface area contributed by atoms with Crippen LogP contribution in [-0.2, 0) is 19.0 Å². The summed E-state index contributed by atoms with van der Waals surface area (Å²) in [5.74, 6) is -1.30. The number of rotatable bonds is 6. The van der Waals surface area contributed by atoms with Gasteiger partial charge in [-0.15, -0.1) is 0 Å². The van der Waals surface area contributed by atoms with Crippen LogP contribution in [0.15, 0.2) is 24.3 Å². The van der Waals surface area contributed by atoms with E-state index in [4.69, 9.17) is 19.2 Å². The van der Waals surface area contributed by atoms with Gasteiger partial charge in [-0.25, -0.2) is 9.97 Å². The largest absolute Gasteiger partial charge is 0.462 e. The lowest BCUT2D eigenvalue weighted by atomic mass is 10.1. The molecule has 0 N–H and O–H groups in total. The summed E-state index contributed by atoms with van der Waals surface area (Å²) < 4.78 is 15.9. The quantitative estimate of drug-likeness (QED) is 0.551. The van der Waals surface area contributed by atoms with E-state index in [2.05, 4.69) is 4.98 Å². The van der Waals surface area contributed by atoms with Crippen molar-refractivity contribution < 1.29 is 19.0 Å². The summed E-state index contributed by atoms with van der Waals surface area (Å²) in [5, 5.41) is 9.71. The Morgan fingerprint density at radius 1 is 1.25 bits per heavy atom. The zero-order valence-electron chi connectivity index (χ0n) is 16.3. The van der Waals surface area contributed by atoms with E-state index in [0.717, 1.165) is 0 Å². The van der Waals surface area contributed by atoms with Gasteiger partial charge in [0.2, 0.25) is 0 Å². The number of fused-ring (bicyclic) bond motifs is 1. The van der Waals surface area contributed by atoms with Gasteiger partial charge >= 0.3 is 5.97 Å². The first kappa shape index (κ1) is 20.0. The lowest BCUT2D eigenvalue weighted by Crippen LogP contribution is -2.46. The van der Waals surface area contributed by atoms with Crippen molar-refractivity contribution in [3.63, 3.8) is 0 Å². The van der Waals surface area contributed by atoms with Crippen LogP contribution in [-0.4, -0.2) is 61.6 Å². The Kier molecular flexibility index (Phi) is 6.39. The molecule has 1 aromatic carbocycles. The Hall–Kier alpha value is -2.76. The van der Waals surface area contributed by atoms with Crippen molar-refractivity contribution in [1.82, 2.24) is 9.97 Å². The number of nitrogens with zero attached hydrogens (tertiary/aromatic N) is 4. The second-order valence-electron chi connectivity index (χ2n) is 6.81. The van der Waals surface area contributed by atoms with E-state index in [1.54, 1.807) is 0 Å². The Labute approximate surface area is 164 Å². The first-order valence-electron chi connectivity index (χ1n) is 9.25. The van der Waals surface area contributed by atoms with Crippen LogP contribution in [0.2, 0.25) is 0 Å². The normalized spacial score (nSPS) is 20.6. The van der Waals surface area contributed by atoms with Crippen molar-refractivity contribution in [1.29, 1.82) is 5.26 Å². The average molecular weight is 384 g/mol. The third-order valence-electron chi connectivity index (χ3n) is 4.47. The SMILES string of the molecule is COCCOC(=O)[C@@H](C#N)c1nc2ccccc2nc1N1C[C@@H](C)O[C@H](C)C1. The first-order valence-corrected chi connectivity index (χ1v) is 9.25. The molecule has 1 fully saturated rings. The van der Waals surface area contributed by atoms with Crippen molar-refractivity contribution in [3.8, 4) is 6.07 Å². The number of para-hydroxylation sites is 2. The fourth-order valence-electron chi connectivity index (χ4n) is 3.32. The molecule has 0 radical (unpaired) electrons. The molecule has 3 atom stereocenters. The van der Waals surface area contributed by atoms with Gasteiger partial charge in [-0.3, -0.25) is 4.79 Å². The van der Waals surface area contributed by atoms with Gasteiger partial charge in [0.15, 0.2) is 11.7 Å². The number of morpholine rings is 1. The zero-order chi connectivity index (χ0) is 20.1. The van der Waals surface area contributed by atoms with Crippen LogP contribution in [0, 0.1) is 11.3 Å². The van der Waals surface area contributed by atoms with Crippen molar-refractivity contribution >= 4 is 22.8 Å². The summed E-state index contributed by atoms with van der Waals surface area (Å²) in [6, 6.07) is 9.43. The van der Waals surface area contributed by atoms with Gasteiger partial charge in [-0.05, 0) is 26.0 Å². The van der Waals surface area contributed by atoms with Gasteiger partial charge in [-0.1, -0.05) is 12.1 Å². The topological polar surface area (TPSA) is 97.6 Å². The van der Waals surface area contributed by atoms with Gasteiger partial charge < -0.3 is 19.1 Å². The standard InChI is InChI=1S/C20H24N4O4/c1-13-11-24(12-14(2)28-13)19-18(15(10-21)20(25)27-9-8-26-3)22-16-6-4-5-7-17(16)23-19/h4-7,13-15H,8-9,11-12H2,1-3H3/t13-,14-,15+/m1/s1. The highest BCUT2D eigenvalue weighted by atomic mass is 16.6. The van der Waals surface area contributed by atoms with Crippen LogP contribution >= 0.6 is 0 Å². The molecule has 28 heavy (non-hydrogen) atoms. The summed E-state index contributed by atoms with van der Waals surface area (Å²) >= 11 is 0. The van der Waals surface area contributed by atoms with Gasteiger partial charge in [0.05, 0.1) is 35.9 Å². The molecule has 8 heteroatoms. The highest BCUT2D eigenvalue weighted by Crippen LogP contribution is 2.29. The van der Waals surface area contributed by atoms with E-state index in [1.807, 2.05) is 49.1 Å². The molecule has 0 amide bonds. The molecule has 1 aliphatic heterocycles. The third-order valence-corrected chi connectivity index (χ3v) is 4.47. The number of carbonyl (C=O) groups excluding carboxylic acids is 1. The summed E-state index contributed by atoms with van der Waals surface area (Å²) in [4.78, 5) is 23.9. The molecule has 0 unspecified atom stereocenters. The molecule has 0 aliphatic carbocycles. The zero-order valence-corrected chi connectivity index (χ0v) is 16.3. The third kappa shape index (κ3) is 4.38. The fraction of sp³-hybridized carbons (Fsp3) is 0.500. The number of ether oxygens (including phenoxy) is 3. The second-order valence-corrected chi connectivity index (χ2v) is 6.81. The van der Waals surface area contributed by atoms with Crippen LogP contribution in [0.3, 0.4) is 0 Å². The molecular formula is C20H24N4O4. The van der Waals surface area contributed by atoms with E-state index in [-0.39, 0.29) is 25.4 Å². The number of nitriles is 1. The maximum Gasteiger partial charge on any atom is 0.329 e. The number of esters is 1. The van der Waals surface area contributed by atoms with Gasteiger partial charge in [-0.2, -0.15) is 5.26 Å². The number of aromatic nitrogens is 2. The summed E-state index contributed by atoms with van der Waals surface area (Å²) in [7, 11) is 1.52. The molecule has 148 valence electrons. The monoisotopic (exact) mass is 384 g/mol. The van der Waals surface area contributed by atoms with E-state index >= 15 is 0 Å². The molecule has 0 saturated carbocycles. The predicted octanol–water partition coefficient (Wildman–Crippen LogP) is 2.04. The Bertz CT molecular complexity index is 872. The van der Waals surface area contributed by atoms with Crippen LogP contribution in [0.1, 0.15) is 25.5 Å². The van der Waals surface area contributed by atoms with E-state index < -0.39 is 11.9 Å². The van der Waals surface area contributed by atoms with Gasteiger partial charge in [0, 0.05) is 20.2 Å². The van der Waals surface area contributed by atoms with Crippen LogP contribution in [0.4, 0.5) is 5.82 Å². The van der Waals surface area contributed by atoms with E-state index in [1.165, 1.54) is 7.11 Å². The van der Waals surface area contributed by atoms with Crippen LogP contribution in [0.25, 0.3) is 11.0 Å². The Morgan fingerprint density at radius 2 is 1.89 bits per heavy atom. The predicted molar refractivity (Wildman–Crippen MR) is 103 cm³/mol. The number of carbonyl (C=O) groups is 1. The number of methoxy groups -OCH3 is 1. The lowest BCUT2D eigenvalue weighted by Gasteiger charge is -2.37. The first-order chi connectivity index (χ1) is 13.5. The van der Waals surface area contributed by atoms with Crippen molar-refractivity contribution in [2.75, 3.05) is 38.3 Å². The second kappa shape index (κ2) is 8.95. The minimum Gasteiger partial charge on any atom is -0.462 e. The molecule has 0 spiro atoms. The smallest absolute Gasteiger partial charge is 0.329 e. The highest BCUT2D eigenvalue weighted by molar-refractivity contribution is 5.85. The van der Waals surface area contributed by atoms with Gasteiger partial charge in [0.25, 0.3) is 0 Å². The number of hydrogen-bond donors (Lipinski definition) is 0. The fourth-order valence-corrected chi connectivity index (χ4v) is 3.32. The Morgan fingerprint density at radius 3 is 2.50 bits per heavy atom. The van der Waals surface area contributed by atoms with Crippen molar-refractivity contribution in [3.05, 3.63) is 30.0 Å². The molecule has 2 aromatic rings. The molecule has 1 saturated heterocycles. The highest BCUT2D eigenvalue weighted by Gasteiger charge is 2.32. The summed E-state index contributed by atoms with van der Waals surface area (Å²) in [5.41, 5.74) is 1.64. The van der Waals surface area contributed by atoms with Gasteiger partial charge in [0.1, 0.15) is 12.3 Å². The maximum atomic E-state index is 12.5. The summed E-state index contributed by atoms with van der Waals surface area (Å²) in [6.45, 7) is 5.51. The summed E-state index contributed by atoms with van der Waals surface area (Å²) in [6.07, 6.45) is -0.00174. The molecule has 8 nitrogen and oxygen atoms in total. The van der Waals surface area contributed by atoms with Crippen molar-refractivity contribution in [2.24, 2.45) is 0 Å². The molecule has 3 rings (SSSR count). The molecule has 2 heterocycles. The molecule has 0 bridgehead atoms. The number of anilines is 1. The minimum atomic E-state index is -1.17. The Balaban J connectivity index is 2.03. The van der Waals surface area contributed by atoms with E-state index in [9.17, 15) is 10.1 Å². The van der Waals surface area contributed by atoms with Crippen LogP contribution < -0.4 is 4.90 Å². The molecular weight excluding hydrogens is 360 g/mol. The molecule has 1 aromatic heterocycles. The van der Waals surface area contributed by atoms with E-state index in [0.29, 0.717) is 35.6 Å². The minimum absolute atomic E-state index is 0.000870. The van der Waals surface area contributed by atoms with Crippen molar-refractivity contribution in [2.45, 2.75) is 32.0 Å². The van der Waals surface area contributed by atoms with Crippen LogP contribution in [0.5, 0.6) is 0 Å².